The summed E-state index contributed by atoms with van der Waals surface area (Å²) < 4.78 is 15.4. The lowest BCUT2D eigenvalue weighted by Crippen LogP contribution is -2.28. The van der Waals surface area contributed by atoms with Gasteiger partial charge in [0.1, 0.15) is 0 Å². The zero-order valence-corrected chi connectivity index (χ0v) is 19.2. The molecule has 0 aliphatic carbocycles. The van der Waals surface area contributed by atoms with Crippen LogP contribution in [0, 0.1) is 0 Å². The summed E-state index contributed by atoms with van der Waals surface area (Å²) in [7, 11) is 2.80. The third-order valence-corrected chi connectivity index (χ3v) is 5.58. The molecule has 2 N–H and O–H groups in total. The van der Waals surface area contributed by atoms with Gasteiger partial charge < -0.3 is 19.9 Å². The Balaban J connectivity index is 1.85. The maximum atomic E-state index is 12.9. The van der Waals surface area contributed by atoms with Crippen LogP contribution in [0.1, 0.15) is 22.8 Å². The van der Waals surface area contributed by atoms with Crippen molar-refractivity contribution in [2.24, 2.45) is 10.7 Å². The molecule has 2 aromatic carbocycles. The van der Waals surface area contributed by atoms with Crippen LogP contribution in [0.4, 0.5) is 5.69 Å². The lowest BCUT2D eigenvalue weighted by atomic mass is 10.2. The molecule has 10 heteroatoms. The van der Waals surface area contributed by atoms with Crippen molar-refractivity contribution in [1.29, 1.82) is 0 Å². The van der Waals surface area contributed by atoms with Gasteiger partial charge in [-0.25, -0.2) is 9.79 Å². The maximum absolute atomic E-state index is 12.9. The standard InChI is InChI=1S/C23H23N3O6S/c1-4-26-21(28)19(12-14-5-10-17(18(11-14)30-2)32-13-20(24)27)33-23(26)25-16-8-6-15(7-9-16)22(29)31-3/h5-12H,4,13H2,1-3H3,(H2,24,27). The number of amides is 2. The third kappa shape index (κ3) is 5.72. The van der Waals surface area contributed by atoms with E-state index in [1.807, 2.05) is 6.92 Å². The molecule has 0 atom stereocenters. The average molecular weight is 470 g/mol. The highest BCUT2D eigenvalue weighted by molar-refractivity contribution is 8.18. The van der Waals surface area contributed by atoms with Gasteiger partial charge in [-0.1, -0.05) is 6.07 Å². The van der Waals surface area contributed by atoms with Gasteiger partial charge in [-0.15, -0.1) is 0 Å². The molecule has 0 radical (unpaired) electrons. The number of methoxy groups -OCH3 is 2. The predicted molar refractivity (Wildman–Crippen MR) is 126 cm³/mol. The first-order valence-electron chi connectivity index (χ1n) is 9.93. The lowest BCUT2D eigenvalue weighted by Gasteiger charge is -2.12. The molecule has 33 heavy (non-hydrogen) atoms. The van der Waals surface area contributed by atoms with Crippen LogP contribution >= 0.6 is 11.8 Å². The summed E-state index contributed by atoms with van der Waals surface area (Å²) in [6.07, 6.45) is 1.74. The third-order valence-electron chi connectivity index (χ3n) is 4.57. The van der Waals surface area contributed by atoms with Gasteiger partial charge in [-0.2, -0.15) is 0 Å². The first-order chi connectivity index (χ1) is 15.9. The van der Waals surface area contributed by atoms with Gasteiger partial charge >= 0.3 is 5.97 Å². The van der Waals surface area contributed by atoms with Crippen molar-refractivity contribution in [2.75, 3.05) is 27.4 Å². The van der Waals surface area contributed by atoms with Crippen molar-refractivity contribution in [3.63, 3.8) is 0 Å². The second-order valence-corrected chi connectivity index (χ2v) is 7.77. The molecule has 1 saturated heterocycles. The highest BCUT2D eigenvalue weighted by atomic mass is 32.2. The fourth-order valence-electron chi connectivity index (χ4n) is 2.96. The van der Waals surface area contributed by atoms with Crippen LogP contribution in [-0.4, -0.2) is 55.2 Å². The maximum Gasteiger partial charge on any atom is 0.337 e. The summed E-state index contributed by atoms with van der Waals surface area (Å²) >= 11 is 1.25. The van der Waals surface area contributed by atoms with E-state index in [0.29, 0.717) is 44.9 Å². The molecular formula is C23H23N3O6S. The van der Waals surface area contributed by atoms with Crippen molar-refractivity contribution in [3.05, 3.63) is 58.5 Å². The van der Waals surface area contributed by atoms with Gasteiger partial charge in [-0.05, 0) is 66.7 Å². The number of nitrogens with zero attached hydrogens (tertiary/aromatic N) is 2. The van der Waals surface area contributed by atoms with Crippen molar-refractivity contribution in [1.82, 2.24) is 4.90 Å². The number of nitrogens with two attached hydrogens (primary N) is 1. The Morgan fingerprint density at radius 2 is 1.85 bits per heavy atom. The molecule has 2 aromatic rings. The Hall–Kier alpha value is -3.79. The summed E-state index contributed by atoms with van der Waals surface area (Å²) in [5.74, 6) is -0.408. The summed E-state index contributed by atoms with van der Waals surface area (Å²) in [5.41, 5.74) is 6.86. The van der Waals surface area contributed by atoms with Crippen molar-refractivity contribution in [3.8, 4) is 11.5 Å². The molecule has 1 aliphatic heterocycles. The van der Waals surface area contributed by atoms with E-state index >= 15 is 0 Å². The van der Waals surface area contributed by atoms with Gasteiger partial charge in [-0.3, -0.25) is 14.5 Å². The number of likely N-dealkylation sites (N-methyl/N-ethyl adjacent to an activating group) is 1. The molecule has 0 bridgehead atoms. The van der Waals surface area contributed by atoms with Crippen LogP contribution in [0.2, 0.25) is 0 Å². The van der Waals surface area contributed by atoms with Crippen molar-refractivity contribution < 1.29 is 28.6 Å². The van der Waals surface area contributed by atoms with E-state index in [4.69, 9.17) is 19.9 Å². The van der Waals surface area contributed by atoms with Crippen molar-refractivity contribution >= 4 is 46.5 Å². The first-order valence-corrected chi connectivity index (χ1v) is 10.8. The van der Waals surface area contributed by atoms with Crippen molar-refractivity contribution in [2.45, 2.75) is 6.92 Å². The fourth-order valence-corrected chi connectivity index (χ4v) is 4.03. The van der Waals surface area contributed by atoms with Crippen LogP contribution in [0.25, 0.3) is 6.08 Å². The summed E-state index contributed by atoms with van der Waals surface area (Å²) in [6.45, 7) is 2.05. The van der Waals surface area contributed by atoms with Crippen LogP contribution in [-0.2, 0) is 14.3 Å². The smallest absolute Gasteiger partial charge is 0.337 e. The Labute approximate surface area is 195 Å². The fraction of sp³-hybridized carbons (Fsp3) is 0.217. The van der Waals surface area contributed by atoms with Gasteiger partial charge in [0.25, 0.3) is 11.8 Å². The number of benzene rings is 2. The summed E-state index contributed by atoms with van der Waals surface area (Å²) in [5, 5.41) is 0.535. The van der Waals surface area contributed by atoms with Crippen LogP contribution < -0.4 is 15.2 Å². The van der Waals surface area contributed by atoms with Crippen LogP contribution in [0.3, 0.4) is 0 Å². The molecular weight excluding hydrogens is 446 g/mol. The number of rotatable bonds is 8. The Bertz CT molecular complexity index is 1130. The zero-order valence-electron chi connectivity index (χ0n) is 18.4. The Kier molecular flexibility index (Phi) is 7.73. The van der Waals surface area contributed by atoms with E-state index in [2.05, 4.69) is 4.99 Å². The molecule has 172 valence electrons. The minimum absolute atomic E-state index is 0.166. The number of hydrogen-bond donors (Lipinski definition) is 1. The monoisotopic (exact) mass is 469 g/mol. The van der Waals surface area contributed by atoms with Crippen LogP contribution in [0.5, 0.6) is 11.5 Å². The van der Waals surface area contributed by atoms with E-state index in [-0.39, 0.29) is 12.5 Å². The number of primary amides is 1. The zero-order chi connectivity index (χ0) is 24.0. The molecule has 0 spiro atoms. The van der Waals surface area contributed by atoms with E-state index in [9.17, 15) is 14.4 Å². The SMILES string of the molecule is CCN1C(=O)C(=Cc2ccc(OCC(N)=O)c(OC)c2)SC1=Nc1ccc(C(=O)OC)cc1. The number of carbonyl (C=O) groups is 3. The van der Waals surface area contributed by atoms with Gasteiger partial charge in [0.15, 0.2) is 23.3 Å². The normalized spacial score (nSPS) is 15.7. The topological polar surface area (TPSA) is 121 Å². The Morgan fingerprint density at radius 1 is 1.12 bits per heavy atom. The first kappa shape index (κ1) is 23.9. The number of thioether (sulfide) groups is 1. The molecule has 1 heterocycles. The molecule has 9 nitrogen and oxygen atoms in total. The van der Waals surface area contributed by atoms with E-state index in [1.165, 1.54) is 26.0 Å². The summed E-state index contributed by atoms with van der Waals surface area (Å²) in [4.78, 5) is 42.1. The lowest BCUT2D eigenvalue weighted by molar-refractivity contribution is -0.122. The molecule has 0 unspecified atom stereocenters. The average Bonchev–Trinajstić information content (AvgIpc) is 3.11. The van der Waals surface area contributed by atoms with Gasteiger partial charge in [0, 0.05) is 6.54 Å². The second kappa shape index (κ2) is 10.7. The minimum Gasteiger partial charge on any atom is -0.493 e. The number of hydrogen-bond acceptors (Lipinski definition) is 8. The minimum atomic E-state index is -0.595. The van der Waals surface area contributed by atoms with E-state index in [0.717, 1.165) is 0 Å². The molecule has 0 saturated carbocycles. The molecule has 0 aromatic heterocycles. The number of carbonyl (C=O) groups excluding carboxylic acids is 3. The highest BCUT2D eigenvalue weighted by Gasteiger charge is 2.32. The van der Waals surface area contributed by atoms with Gasteiger partial charge in [0.05, 0.1) is 30.4 Å². The van der Waals surface area contributed by atoms with E-state index < -0.39 is 11.9 Å². The molecule has 3 rings (SSSR count). The largest absolute Gasteiger partial charge is 0.493 e. The molecule has 1 aliphatic rings. The number of ether oxygens (including phenoxy) is 3. The summed E-state index contributed by atoms with van der Waals surface area (Å²) in [6, 6.07) is 11.7. The molecule has 1 fully saturated rings. The Morgan fingerprint density at radius 3 is 2.45 bits per heavy atom. The quantitative estimate of drug-likeness (QED) is 0.466. The van der Waals surface area contributed by atoms with Crippen LogP contribution in [0.15, 0.2) is 52.4 Å². The van der Waals surface area contributed by atoms with Gasteiger partial charge in [0.2, 0.25) is 0 Å². The number of amidine groups is 1. The second-order valence-electron chi connectivity index (χ2n) is 6.76. The number of esters is 1. The number of aliphatic imine (C=N–C) groups is 1. The predicted octanol–water partition coefficient (Wildman–Crippen LogP) is 2.97. The molecule has 2 amide bonds. The highest BCUT2D eigenvalue weighted by Crippen LogP contribution is 2.35. The van der Waals surface area contributed by atoms with E-state index in [1.54, 1.807) is 53.4 Å².